The Morgan fingerprint density at radius 1 is 1.13 bits per heavy atom. The number of benzene rings is 2. The highest BCUT2D eigenvalue weighted by atomic mass is 32.2. The van der Waals surface area contributed by atoms with Gasteiger partial charge < -0.3 is 10.1 Å². The van der Waals surface area contributed by atoms with Gasteiger partial charge in [-0.05, 0) is 38.1 Å². The third kappa shape index (κ3) is 3.14. The van der Waals surface area contributed by atoms with Crippen molar-refractivity contribution in [3.8, 4) is 5.75 Å². The Bertz CT molecular complexity index is 860. The topological polar surface area (TPSA) is 84.5 Å². The third-order valence-electron chi connectivity index (χ3n) is 3.50. The highest BCUT2D eigenvalue weighted by molar-refractivity contribution is 7.92. The van der Waals surface area contributed by atoms with Crippen molar-refractivity contribution in [3.63, 3.8) is 0 Å². The van der Waals surface area contributed by atoms with Crippen molar-refractivity contribution in [2.45, 2.75) is 24.8 Å². The van der Waals surface area contributed by atoms with Crippen LogP contribution in [0, 0.1) is 6.92 Å². The van der Waals surface area contributed by atoms with Gasteiger partial charge in [-0.25, -0.2) is 8.42 Å². The van der Waals surface area contributed by atoms with E-state index in [1.165, 1.54) is 0 Å². The molecule has 0 radical (unpaired) electrons. The lowest BCUT2D eigenvalue weighted by atomic mass is 10.2. The van der Waals surface area contributed by atoms with Gasteiger partial charge in [0, 0.05) is 6.07 Å². The van der Waals surface area contributed by atoms with E-state index < -0.39 is 16.1 Å². The third-order valence-corrected chi connectivity index (χ3v) is 4.89. The van der Waals surface area contributed by atoms with Crippen LogP contribution < -0.4 is 14.8 Å². The van der Waals surface area contributed by atoms with E-state index in [1.807, 2.05) is 6.92 Å². The predicted octanol–water partition coefficient (Wildman–Crippen LogP) is 2.52. The smallest absolute Gasteiger partial charge is 0.265 e. The first kappa shape index (κ1) is 15.4. The molecule has 1 amide bonds. The van der Waals surface area contributed by atoms with E-state index in [9.17, 15) is 13.2 Å². The number of anilines is 2. The lowest BCUT2D eigenvalue weighted by molar-refractivity contribution is -0.122. The van der Waals surface area contributed by atoms with Crippen LogP contribution in [0.25, 0.3) is 0 Å². The first-order valence-electron chi connectivity index (χ1n) is 7.06. The molecule has 1 heterocycles. The number of hydrogen-bond donors (Lipinski definition) is 2. The Labute approximate surface area is 134 Å². The maximum Gasteiger partial charge on any atom is 0.265 e. The molecule has 23 heavy (non-hydrogen) atoms. The van der Waals surface area contributed by atoms with Gasteiger partial charge >= 0.3 is 0 Å². The number of fused-ring (bicyclic) bond motifs is 1. The van der Waals surface area contributed by atoms with Crippen molar-refractivity contribution in [2.24, 2.45) is 0 Å². The average Bonchev–Trinajstić information content (AvgIpc) is 2.49. The minimum absolute atomic E-state index is 0.184. The lowest BCUT2D eigenvalue weighted by Gasteiger charge is -2.23. The number of amides is 1. The van der Waals surface area contributed by atoms with Crippen LogP contribution in [0.3, 0.4) is 0 Å². The zero-order chi connectivity index (χ0) is 16.6. The van der Waals surface area contributed by atoms with Crippen molar-refractivity contribution in [3.05, 3.63) is 48.0 Å². The number of hydrogen-bond acceptors (Lipinski definition) is 4. The summed E-state index contributed by atoms with van der Waals surface area (Å²) in [5.74, 6) is 0.201. The van der Waals surface area contributed by atoms with Crippen LogP contribution in [0.1, 0.15) is 12.5 Å². The van der Waals surface area contributed by atoms with Gasteiger partial charge in [0.25, 0.3) is 15.9 Å². The van der Waals surface area contributed by atoms with Crippen LogP contribution in [0.4, 0.5) is 11.4 Å². The summed E-state index contributed by atoms with van der Waals surface area (Å²) in [6.07, 6.45) is -0.619. The molecule has 0 fully saturated rings. The van der Waals surface area contributed by atoms with Crippen molar-refractivity contribution in [1.29, 1.82) is 0 Å². The average molecular weight is 332 g/mol. The normalized spacial score (nSPS) is 17.0. The largest absolute Gasteiger partial charge is 0.479 e. The predicted molar refractivity (Wildman–Crippen MR) is 87.1 cm³/mol. The fourth-order valence-corrected chi connectivity index (χ4v) is 3.25. The second kappa shape index (κ2) is 5.58. The van der Waals surface area contributed by atoms with Gasteiger partial charge in [-0.15, -0.1) is 0 Å². The molecule has 6 nitrogen and oxygen atoms in total. The molecule has 1 aliphatic heterocycles. The second-order valence-corrected chi connectivity index (χ2v) is 7.06. The molecule has 1 atom stereocenters. The van der Waals surface area contributed by atoms with Crippen LogP contribution in [0.2, 0.25) is 0 Å². The van der Waals surface area contributed by atoms with E-state index in [0.29, 0.717) is 17.1 Å². The fraction of sp³-hybridized carbons (Fsp3) is 0.188. The Kier molecular flexibility index (Phi) is 3.73. The van der Waals surface area contributed by atoms with E-state index in [4.69, 9.17) is 4.74 Å². The molecule has 0 bridgehead atoms. The number of nitrogens with one attached hydrogen (secondary N) is 2. The zero-order valence-corrected chi connectivity index (χ0v) is 13.5. The second-order valence-electron chi connectivity index (χ2n) is 5.38. The quantitative estimate of drug-likeness (QED) is 0.904. The zero-order valence-electron chi connectivity index (χ0n) is 12.7. The molecule has 120 valence electrons. The number of rotatable bonds is 3. The van der Waals surface area contributed by atoms with Crippen LogP contribution in [-0.4, -0.2) is 20.4 Å². The fourth-order valence-electron chi connectivity index (χ4n) is 2.20. The van der Waals surface area contributed by atoms with Gasteiger partial charge in [0.2, 0.25) is 0 Å². The molecule has 3 rings (SSSR count). The maximum absolute atomic E-state index is 12.4. The van der Waals surface area contributed by atoms with Crippen LogP contribution in [-0.2, 0) is 14.8 Å². The lowest BCUT2D eigenvalue weighted by Crippen LogP contribution is -2.34. The molecular formula is C16H16N2O4S. The molecule has 0 spiro atoms. The van der Waals surface area contributed by atoms with Gasteiger partial charge in [0.15, 0.2) is 6.10 Å². The Hall–Kier alpha value is -2.54. The molecule has 0 aliphatic carbocycles. The van der Waals surface area contributed by atoms with Crippen LogP contribution in [0.15, 0.2) is 47.4 Å². The Balaban J connectivity index is 1.87. The molecule has 2 aromatic rings. The minimum atomic E-state index is -3.67. The molecule has 7 heteroatoms. The van der Waals surface area contributed by atoms with E-state index in [-0.39, 0.29) is 10.8 Å². The van der Waals surface area contributed by atoms with Gasteiger partial charge in [-0.1, -0.05) is 17.7 Å². The highest BCUT2D eigenvalue weighted by Gasteiger charge is 2.24. The standard InChI is InChI=1S/C16H16N2O4S/c1-10-3-6-13(7-4-10)23(20,21)18-12-5-8-14-15(9-12)22-11(2)16(19)17-14/h3-9,11,18H,1-2H3,(H,17,19). The molecule has 1 aliphatic rings. The van der Waals surface area contributed by atoms with E-state index in [2.05, 4.69) is 10.0 Å². The summed E-state index contributed by atoms with van der Waals surface area (Å²) in [7, 11) is -3.67. The van der Waals surface area contributed by atoms with Crippen molar-refractivity contribution >= 4 is 27.3 Å². The van der Waals surface area contributed by atoms with E-state index in [0.717, 1.165) is 5.56 Å². The summed E-state index contributed by atoms with van der Waals surface area (Å²) in [6, 6.07) is 11.3. The summed E-state index contributed by atoms with van der Waals surface area (Å²) < 4.78 is 32.7. The summed E-state index contributed by atoms with van der Waals surface area (Å²) in [5.41, 5.74) is 1.87. The van der Waals surface area contributed by atoms with Gasteiger partial charge in [0.1, 0.15) is 5.75 Å². The molecule has 0 saturated carbocycles. The van der Waals surface area contributed by atoms with E-state index >= 15 is 0 Å². The first-order valence-corrected chi connectivity index (χ1v) is 8.54. The SMILES string of the molecule is Cc1ccc(S(=O)(=O)Nc2ccc3c(c2)OC(C)C(=O)N3)cc1. The number of ether oxygens (including phenoxy) is 1. The Morgan fingerprint density at radius 3 is 2.52 bits per heavy atom. The number of carbonyl (C=O) groups is 1. The van der Waals surface area contributed by atoms with Crippen LogP contribution in [0.5, 0.6) is 5.75 Å². The van der Waals surface area contributed by atoms with E-state index in [1.54, 1.807) is 49.4 Å². The Morgan fingerprint density at radius 2 is 1.83 bits per heavy atom. The summed E-state index contributed by atoms with van der Waals surface area (Å²) in [4.78, 5) is 11.7. The maximum atomic E-state index is 12.4. The number of sulfonamides is 1. The van der Waals surface area contributed by atoms with Gasteiger partial charge in [-0.3, -0.25) is 9.52 Å². The molecule has 2 N–H and O–H groups in total. The molecular weight excluding hydrogens is 316 g/mol. The molecule has 2 aromatic carbocycles. The first-order chi connectivity index (χ1) is 10.8. The summed E-state index contributed by atoms with van der Waals surface area (Å²) >= 11 is 0. The summed E-state index contributed by atoms with van der Waals surface area (Å²) in [5, 5.41) is 2.70. The van der Waals surface area contributed by atoms with Crippen LogP contribution >= 0.6 is 0 Å². The monoisotopic (exact) mass is 332 g/mol. The van der Waals surface area contributed by atoms with Crippen molar-refractivity contribution < 1.29 is 17.9 Å². The molecule has 0 saturated heterocycles. The van der Waals surface area contributed by atoms with Gasteiger partial charge in [0.05, 0.1) is 16.3 Å². The summed E-state index contributed by atoms with van der Waals surface area (Å²) in [6.45, 7) is 3.52. The molecule has 0 aromatic heterocycles. The van der Waals surface area contributed by atoms with Crippen molar-refractivity contribution in [2.75, 3.05) is 10.0 Å². The number of aryl methyl sites for hydroxylation is 1. The van der Waals surface area contributed by atoms with Crippen molar-refractivity contribution in [1.82, 2.24) is 0 Å². The number of carbonyl (C=O) groups excluding carboxylic acids is 1. The highest BCUT2D eigenvalue weighted by Crippen LogP contribution is 2.33. The minimum Gasteiger partial charge on any atom is -0.479 e. The molecule has 1 unspecified atom stereocenters. The van der Waals surface area contributed by atoms with Gasteiger partial charge in [-0.2, -0.15) is 0 Å².